The van der Waals surface area contributed by atoms with Crippen molar-refractivity contribution >= 4 is 12.2 Å². The van der Waals surface area contributed by atoms with Crippen LogP contribution < -0.4 is 0 Å². The minimum Gasteiger partial charge on any atom is -0.337 e. The number of hydrogen-bond donors (Lipinski definition) is 1. The molecule has 0 aliphatic heterocycles. The van der Waals surface area contributed by atoms with Gasteiger partial charge in [-0.2, -0.15) is 0 Å². The van der Waals surface area contributed by atoms with Gasteiger partial charge in [-0.05, 0) is 55.6 Å². The average molecular weight is 280 g/mol. The van der Waals surface area contributed by atoms with E-state index in [2.05, 4.69) is 4.98 Å². The normalized spacial score (nSPS) is 18.4. The Morgan fingerprint density at radius 2 is 2.16 bits per heavy atom. The van der Waals surface area contributed by atoms with Gasteiger partial charge in [0.05, 0.1) is 0 Å². The van der Waals surface area contributed by atoms with Crippen LogP contribution in [0.5, 0.6) is 0 Å². The molecule has 100 valence electrons. The van der Waals surface area contributed by atoms with Crippen LogP contribution in [-0.2, 0) is 12.8 Å². The van der Waals surface area contributed by atoms with Crippen LogP contribution in [0.4, 0.5) is 8.78 Å². The van der Waals surface area contributed by atoms with E-state index in [9.17, 15) is 8.78 Å². The maximum atomic E-state index is 13.7. The van der Waals surface area contributed by atoms with Gasteiger partial charge >= 0.3 is 0 Å². The molecule has 1 aromatic carbocycles. The Morgan fingerprint density at radius 1 is 1.37 bits per heavy atom. The lowest BCUT2D eigenvalue weighted by atomic mass is 9.87. The van der Waals surface area contributed by atoms with E-state index >= 15 is 0 Å². The van der Waals surface area contributed by atoms with Gasteiger partial charge in [0.25, 0.3) is 0 Å². The third-order valence-corrected chi connectivity index (χ3v) is 4.12. The second-order valence-electron chi connectivity index (χ2n) is 5.03. The number of rotatable bonds is 1. The van der Waals surface area contributed by atoms with Crippen molar-refractivity contribution in [1.29, 1.82) is 0 Å². The van der Waals surface area contributed by atoms with Crippen LogP contribution in [0.15, 0.2) is 18.3 Å². The van der Waals surface area contributed by atoms with Crippen LogP contribution >= 0.6 is 12.2 Å². The van der Waals surface area contributed by atoms with E-state index < -0.39 is 11.6 Å². The zero-order valence-electron chi connectivity index (χ0n) is 10.5. The number of benzene rings is 1. The first kappa shape index (κ1) is 12.5. The Bertz CT molecular complexity index is 687. The maximum absolute atomic E-state index is 13.7. The third kappa shape index (κ3) is 2.12. The average Bonchev–Trinajstić information content (AvgIpc) is 2.68. The fraction of sp³-hybridized carbons (Fsp3) is 0.357. The van der Waals surface area contributed by atoms with E-state index in [1.165, 1.54) is 6.07 Å². The number of halogens is 2. The lowest BCUT2D eigenvalue weighted by Gasteiger charge is -2.27. The number of hydrogen-bond acceptors (Lipinski definition) is 1. The summed E-state index contributed by atoms with van der Waals surface area (Å²) in [6, 6.07) is 2.58. The number of fused-ring (bicyclic) bond motifs is 1. The quantitative estimate of drug-likeness (QED) is 0.787. The fourth-order valence-corrected chi connectivity index (χ4v) is 3.28. The van der Waals surface area contributed by atoms with Gasteiger partial charge in [-0.15, -0.1) is 0 Å². The second-order valence-corrected chi connectivity index (χ2v) is 5.41. The van der Waals surface area contributed by atoms with Crippen LogP contribution in [0.2, 0.25) is 0 Å². The molecule has 0 saturated carbocycles. The number of nitrogens with one attached hydrogen (secondary N) is 1. The Labute approximate surface area is 115 Å². The van der Waals surface area contributed by atoms with Gasteiger partial charge in [0.1, 0.15) is 11.6 Å². The number of aryl methyl sites for hydroxylation is 1. The first-order valence-electron chi connectivity index (χ1n) is 6.29. The van der Waals surface area contributed by atoms with Crippen molar-refractivity contribution in [2.45, 2.75) is 32.2 Å². The van der Waals surface area contributed by atoms with E-state index in [-0.39, 0.29) is 6.04 Å². The lowest BCUT2D eigenvalue weighted by Crippen LogP contribution is -2.20. The monoisotopic (exact) mass is 280 g/mol. The molecule has 0 saturated heterocycles. The number of H-pyrrole nitrogens is 1. The fourth-order valence-electron chi connectivity index (χ4n) is 2.93. The molecule has 1 atom stereocenters. The molecule has 19 heavy (non-hydrogen) atoms. The zero-order chi connectivity index (χ0) is 13.6. The molecule has 1 aliphatic carbocycles. The zero-order valence-corrected chi connectivity index (χ0v) is 11.4. The number of aromatic amines is 1. The van der Waals surface area contributed by atoms with Crippen molar-refractivity contribution in [3.63, 3.8) is 0 Å². The molecular weight excluding hydrogens is 266 g/mol. The SMILES string of the molecule is Cc1c[nH]c(=S)n1C1CCc2c(F)cc(F)cc2C1. The highest BCUT2D eigenvalue weighted by Gasteiger charge is 2.24. The highest BCUT2D eigenvalue weighted by Crippen LogP contribution is 2.32. The minimum absolute atomic E-state index is 0.174. The number of aromatic nitrogens is 2. The van der Waals surface area contributed by atoms with Crippen molar-refractivity contribution in [3.05, 3.63) is 51.6 Å². The molecular formula is C14H14F2N2S. The maximum Gasteiger partial charge on any atom is 0.177 e. The molecule has 0 fully saturated rings. The van der Waals surface area contributed by atoms with Crippen molar-refractivity contribution < 1.29 is 8.78 Å². The number of imidazole rings is 1. The largest absolute Gasteiger partial charge is 0.337 e. The molecule has 0 spiro atoms. The summed E-state index contributed by atoms with van der Waals surface area (Å²) in [4.78, 5) is 3.01. The molecule has 2 aromatic rings. The van der Waals surface area contributed by atoms with Crippen LogP contribution in [0.1, 0.15) is 29.3 Å². The topological polar surface area (TPSA) is 20.7 Å². The van der Waals surface area contributed by atoms with E-state index in [1.54, 1.807) is 0 Å². The summed E-state index contributed by atoms with van der Waals surface area (Å²) in [6.07, 6.45) is 3.93. The van der Waals surface area contributed by atoms with Gasteiger partial charge in [-0.3, -0.25) is 0 Å². The first-order chi connectivity index (χ1) is 9.06. The van der Waals surface area contributed by atoms with Gasteiger partial charge in [-0.25, -0.2) is 8.78 Å². The second kappa shape index (κ2) is 4.56. The highest BCUT2D eigenvalue weighted by molar-refractivity contribution is 7.71. The summed E-state index contributed by atoms with van der Waals surface area (Å²) in [5, 5.41) is 0. The van der Waals surface area contributed by atoms with Crippen LogP contribution in [0, 0.1) is 23.3 Å². The molecule has 5 heteroatoms. The molecule has 1 N–H and O–H groups in total. The van der Waals surface area contributed by atoms with Crippen LogP contribution in [0.25, 0.3) is 0 Å². The molecule has 0 bridgehead atoms. The van der Waals surface area contributed by atoms with Crippen molar-refractivity contribution in [1.82, 2.24) is 9.55 Å². The molecule has 1 aromatic heterocycles. The summed E-state index contributed by atoms with van der Waals surface area (Å²) in [6.45, 7) is 1.98. The minimum atomic E-state index is -0.508. The number of nitrogens with zero attached hydrogens (tertiary/aromatic N) is 1. The molecule has 1 aliphatic rings. The van der Waals surface area contributed by atoms with E-state index in [0.29, 0.717) is 23.2 Å². The molecule has 1 unspecified atom stereocenters. The lowest BCUT2D eigenvalue weighted by molar-refractivity contribution is 0.420. The predicted molar refractivity (Wildman–Crippen MR) is 71.8 cm³/mol. The molecule has 1 heterocycles. The van der Waals surface area contributed by atoms with Crippen molar-refractivity contribution in [2.24, 2.45) is 0 Å². The Morgan fingerprint density at radius 3 is 2.84 bits per heavy atom. The highest BCUT2D eigenvalue weighted by atomic mass is 32.1. The Balaban J connectivity index is 2.01. The van der Waals surface area contributed by atoms with Crippen molar-refractivity contribution in [3.8, 4) is 0 Å². The summed E-state index contributed by atoms with van der Waals surface area (Å²) in [5.41, 5.74) is 2.46. The van der Waals surface area contributed by atoms with Crippen molar-refractivity contribution in [2.75, 3.05) is 0 Å². The predicted octanol–water partition coefficient (Wildman–Crippen LogP) is 3.86. The van der Waals surface area contributed by atoms with Gasteiger partial charge in [-0.1, -0.05) is 0 Å². The van der Waals surface area contributed by atoms with E-state index in [1.807, 2.05) is 17.7 Å². The first-order valence-corrected chi connectivity index (χ1v) is 6.70. The Hall–Kier alpha value is -1.49. The molecule has 2 nitrogen and oxygen atoms in total. The Kier molecular flexibility index (Phi) is 3.01. The van der Waals surface area contributed by atoms with E-state index in [0.717, 1.165) is 23.7 Å². The molecule has 0 radical (unpaired) electrons. The van der Waals surface area contributed by atoms with Gasteiger partial charge in [0.2, 0.25) is 0 Å². The smallest absolute Gasteiger partial charge is 0.177 e. The van der Waals surface area contributed by atoms with Gasteiger partial charge in [0, 0.05) is 24.0 Å². The van der Waals surface area contributed by atoms with Gasteiger partial charge < -0.3 is 9.55 Å². The molecule has 0 amide bonds. The van der Waals surface area contributed by atoms with E-state index in [4.69, 9.17) is 12.2 Å². The summed E-state index contributed by atoms with van der Waals surface area (Å²) in [7, 11) is 0. The van der Waals surface area contributed by atoms with Gasteiger partial charge in [0.15, 0.2) is 4.77 Å². The summed E-state index contributed by atoms with van der Waals surface area (Å²) >= 11 is 5.26. The standard InChI is InChI=1S/C14H14F2N2S/c1-8-7-17-14(19)18(8)11-2-3-12-9(5-11)4-10(15)6-13(12)16/h4,6-7,11H,2-3,5H2,1H3,(H,17,19). The summed E-state index contributed by atoms with van der Waals surface area (Å²) < 4.78 is 29.7. The van der Waals surface area contributed by atoms with Crippen LogP contribution in [0.3, 0.4) is 0 Å². The van der Waals surface area contributed by atoms with Crippen LogP contribution in [-0.4, -0.2) is 9.55 Å². The third-order valence-electron chi connectivity index (χ3n) is 3.80. The summed E-state index contributed by atoms with van der Waals surface area (Å²) in [5.74, 6) is -0.936. The molecule has 3 rings (SSSR count).